The molecule has 0 radical (unpaired) electrons. The van der Waals surface area contributed by atoms with Crippen LogP contribution in [0.4, 0.5) is 10.7 Å². The Hall–Kier alpha value is -0.920. The Morgan fingerprint density at radius 2 is 2.28 bits per heavy atom. The van der Waals surface area contributed by atoms with Gasteiger partial charge in [-0.1, -0.05) is 0 Å². The lowest BCUT2D eigenvalue weighted by Crippen LogP contribution is -2.22. The third-order valence-electron chi connectivity index (χ3n) is 2.24. The van der Waals surface area contributed by atoms with Gasteiger partial charge in [-0.15, -0.1) is 23.1 Å². The molecule has 18 heavy (non-hydrogen) atoms. The monoisotopic (exact) mass is 289 g/mol. The van der Waals surface area contributed by atoms with Crippen LogP contribution in [0.3, 0.4) is 0 Å². The third kappa shape index (κ3) is 3.54. The Labute approximate surface area is 115 Å². The van der Waals surface area contributed by atoms with Crippen LogP contribution < -0.4 is 16.4 Å². The zero-order chi connectivity index (χ0) is 13.5. The van der Waals surface area contributed by atoms with Gasteiger partial charge < -0.3 is 21.1 Å². The van der Waals surface area contributed by atoms with Crippen molar-refractivity contribution in [3.63, 3.8) is 0 Å². The van der Waals surface area contributed by atoms with Crippen LogP contribution in [-0.4, -0.2) is 39.0 Å². The molecule has 0 saturated heterocycles. The van der Waals surface area contributed by atoms with Crippen LogP contribution in [0.25, 0.3) is 0 Å². The van der Waals surface area contributed by atoms with E-state index in [-0.39, 0.29) is 5.91 Å². The van der Waals surface area contributed by atoms with E-state index in [1.165, 1.54) is 23.1 Å². The largest absolute Gasteiger partial charge is 0.396 e. The SMILES string of the molecule is CCNC(=O)c1sc(NCCOC)c(SC)c1N. The number of hydrogen-bond acceptors (Lipinski definition) is 6. The molecule has 0 aliphatic carbocycles. The number of nitrogens with two attached hydrogens (primary N) is 1. The first-order valence-corrected chi connectivity index (χ1v) is 7.67. The lowest BCUT2D eigenvalue weighted by atomic mass is 10.3. The van der Waals surface area contributed by atoms with Crippen LogP contribution in [0.1, 0.15) is 16.6 Å². The summed E-state index contributed by atoms with van der Waals surface area (Å²) >= 11 is 2.92. The van der Waals surface area contributed by atoms with Crippen molar-refractivity contribution in [2.45, 2.75) is 11.8 Å². The highest BCUT2D eigenvalue weighted by molar-refractivity contribution is 7.99. The number of rotatable bonds is 7. The Bertz CT molecular complexity index is 407. The number of anilines is 2. The molecule has 1 aromatic heterocycles. The molecule has 0 bridgehead atoms. The minimum absolute atomic E-state index is 0.116. The summed E-state index contributed by atoms with van der Waals surface area (Å²) in [5.41, 5.74) is 6.56. The van der Waals surface area contributed by atoms with E-state index in [9.17, 15) is 4.79 Å². The molecule has 0 aromatic carbocycles. The molecule has 0 atom stereocenters. The third-order valence-corrected chi connectivity index (χ3v) is 4.36. The van der Waals surface area contributed by atoms with E-state index in [1.807, 2.05) is 13.2 Å². The first-order valence-electron chi connectivity index (χ1n) is 5.62. The average molecular weight is 289 g/mol. The molecule has 0 spiro atoms. The molecule has 1 heterocycles. The van der Waals surface area contributed by atoms with Gasteiger partial charge in [0, 0.05) is 20.2 Å². The van der Waals surface area contributed by atoms with Crippen molar-refractivity contribution in [3.8, 4) is 0 Å². The summed E-state index contributed by atoms with van der Waals surface area (Å²) in [6, 6.07) is 0. The molecular weight excluding hydrogens is 270 g/mol. The molecular formula is C11H19N3O2S2. The van der Waals surface area contributed by atoms with Crippen molar-refractivity contribution in [2.24, 2.45) is 0 Å². The van der Waals surface area contributed by atoms with Crippen LogP contribution in [0.15, 0.2) is 4.90 Å². The highest BCUT2D eigenvalue weighted by atomic mass is 32.2. The van der Waals surface area contributed by atoms with Crippen LogP contribution in [0.5, 0.6) is 0 Å². The van der Waals surface area contributed by atoms with Gasteiger partial charge in [0.25, 0.3) is 5.91 Å². The van der Waals surface area contributed by atoms with Crippen LogP contribution in [-0.2, 0) is 4.74 Å². The van der Waals surface area contributed by atoms with Crippen molar-refractivity contribution < 1.29 is 9.53 Å². The standard InChI is InChI=1S/C11H19N3O2S2/c1-4-13-10(15)8-7(12)9(17-3)11(18-8)14-5-6-16-2/h14H,4-6,12H2,1-3H3,(H,13,15). The number of ether oxygens (including phenoxy) is 1. The summed E-state index contributed by atoms with van der Waals surface area (Å²) in [4.78, 5) is 13.3. The first-order chi connectivity index (χ1) is 8.65. The summed E-state index contributed by atoms with van der Waals surface area (Å²) < 4.78 is 4.98. The predicted octanol–water partition coefficient (Wildman–Crippen LogP) is 1.86. The molecule has 0 aliphatic heterocycles. The summed E-state index contributed by atoms with van der Waals surface area (Å²) in [7, 11) is 1.65. The van der Waals surface area contributed by atoms with Gasteiger partial charge in [0.2, 0.25) is 0 Å². The van der Waals surface area contributed by atoms with E-state index < -0.39 is 0 Å². The van der Waals surface area contributed by atoms with E-state index >= 15 is 0 Å². The van der Waals surface area contributed by atoms with Crippen molar-refractivity contribution in [1.82, 2.24) is 5.32 Å². The van der Waals surface area contributed by atoms with Gasteiger partial charge in [0.05, 0.1) is 17.2 Å². The zero-order valence-corrected chi connectivity index (χ0v) is 12.5. The van der Waals surface area contributed by atoms with Crippen LogP contribution >= 0.6 is 23.1 Å². The van der Waals surface area contributed by atoms with Gasteiger partial charge in [0.15, 0.2) is 0 Å². The van der Waals surface area contributed by atoms with Gasteiger partial charge in [-0.3, -0.25) is 4.79 Å². The highest BCUT2D eigenvalue weighted by Gasteiger charge is 2.19. The van der Waals surface area contributed by atoms with Gasteiger partial charge >= 0.3 is 0 Å². The van der Waals surface area contributed by atoms with Gasteiger partial charge in [-0.05, 0) is 13.2 Å². The first kappa shape index (κ1) is 15.1. The number of carbonyl (C=O) groups is 1. The van der Waals surface area contributed by atoms with E-state index in [0.29, 0.717) is 30.3 Å². The summed E-state index contributed by atoms with van der Waals surface area (Å²) in [6.07, 6.45) is 1.95. The number of thiophene rings is 1. The van der Waals surface area contributed by atoms with E-state index in [0.717, 1.165) is 9.90 Å². The maximum atomic E-state index is 11.8. The normalized spacial score (nSPS) is 10.4. The second-order valence-corrected chi connectivity index (χ2v) is 5.32. The van der Waals surface area contributed by atoms with Crippen molar-refractivity contribution in [3.05, 3.63) is 4.88 Å². The number of amides is 1. The molecule has 1 rings (SSSR count). The second kappa shape index (κ2) is 7.50. The molecule has 102 valence electrons. The average Bonchev–Trinajstić information content (AvgIpc) is 2.66. The summed E-state index contributed by atoms with van der Waals surface area (Å²) in [5.74, 6) is -0.116. The van der Waals surface area contributed by atoms with Crippen molar-refractivity contribution in [1.29, 1.82) is 0 Å². The Kier molecular flexibility index (Phi) is 6.31. The van der Waals surface area contributed by atoms with Gasteiger partial charge in [0.1, 0.15) is 9.88 Å². The Morgan fingerprint density at radius 1 is 1.56 bits per heavy atom. The van der Waals surface area contributed by atoms with E-state index in [1.54, 1.807) is 7.11 Å². The molecule has 1 aromatic rings. The fraction of sp³-hybridized carbons (Fsp3) is 0.545. The summed E-state index contributed by atoms with van der Waals surface area (Å²) in [6.45, 7) is 3.78. The molecule has 0 aliphatic rings. The van der Waals surface area contributed by atoms with E-state index in [4.69, 9.17) is 10.5 Å². The molecule has 7 heteroatoms. The number of nitrogens with one attached hydrogen (secondary N) is 2. The number of methoxy groups -OCH3 is 1. The minimum Gasteiger partial charge on any atom is -0.396 e. The zero-order valence-electron chi connectivity index (χ0n) is 10.8. The quantitative estimate of drug-likeness (QED) is 0.527. The fourth-order valence-corrected chi connectivity index (χ4v) is 3.40. The number of carbonyl (C=O) groups excluding carboxylic acids is 1. The fourth-order valence-electron chi connectivity index (χ4n) is 1.42. The smallest absolute Gasteiger partial charge is 0.263 e. The maximum absolute atomic E-state index is 11.8. The summed E-state index contributed by atoms with van der Waals surface area (Å²) in [5, 5.41) is 6.93. The Balaban J connectivity index is 2.90. The lowest BCUT2D eigenvalue weighted by molar-refractivity contribution is 0.0960. The van der Waals surface area contributed by atoms with Crippen molar-refractivity contribution >= 4 is 39.7 Å². The maximum Gasteiger partial charge on any atom is 0.263 e. The lowest BCUT2D eigenvalue weighted by Gasteiger charge is -2.04. The topological polar surface area (TPSA) is 76.4 Å². The second-order valence-electron chi connectivity index (χ2n) is 3.49. The van der Waals surface area contributed by atoms with E-state index in [2.05, 4.69) is 10.6 Å². The van der Waals surface area contributed by atoms with Gasteiger partial charge in [-0.25, -0.2) is 0 Å². The van der Waals surface area contributed by atoms with Crippen LogP contribution in [0.2, 0.25) is 0 Å². The molecule has 4 N–H and O–H groups in total. The molecule has 0 unspecified atom stereocenters. The van der Waals surface area contributed by atoms with Crippen LogP contribution in [0, 0.1) is 0 Å². The number of nitrogen functional groups attached to an aromatic ring is 1. The Morgan fingerprint density at radius 3 is 2.83 bits per heavy atom. The predicted molar refractivity (Wildman–Crippen MR) is 78.9 cm³/mol. The molecule has 0 saturated carbocycles. The molecule has 1 amide bonds. The number of hydrogen-bond donors (Lipinski definition) is 3. The minimum atomic E-state index is -0.116. The van der Waals surface area contributed by atoms with Crippen molar-refractivity contribution in [2.75, 3.05) is 44.1 Å². The molecule has 0 fully saturated rings. The highest BCUT2D eigenvalue weighted by Crippen LogP contribution is 2.41. The molecule has 5 nitrogen and oxygen atoms in total. The van der Waals surface area contributed by atoms with Gasteiger partial charge in [-0.2, -0.15) is 0 Å². The number of thioether (sulfide) groups is 1.